The van der Waals surface area contributed by atoms with Crippen molar-refractivity contribution in [2.75, 3.05) is 10.7 Å². The van der Waals surface area contributed by atoms with Gasteiger partial charge in [0.25, 0.3) is 0 Å². The average Bonchev–Trinajstić information content (AvgIpc) is 2.47. The number of hydrogen-bond donors (Lipinski definition) is 3. The van der Waals surface area contributed by atoms with Crippen molar-refractivity contribution in [1.82, 2.24) is 9.97 Å². The fourth-order valence-corrected chi connectivity index (χ4v) is 1.78. The summed E-state index contributed by atoms with van der Waals surface area (Å²) in [5.74, 6) is 6.49. The van der Waals surface area contributed by atoms with Crippen LogP contribution in [-0.4, -0.2) is 9.97 Å². The van der Waals surface area contributed by atoms with Crippen molar-refractivity contribution in [3.8, 4) is 0 Å². The van der Waals surface area contributed by atoms with E-state index in [1.807, 2.05) is 0 Å². The van der Waals surface area contributed by atoms with Crippen molar-refractivity contribution in [2.24, 2.45) is 5.84 Å². The molecule has 0 atom stereocenters. The van der Waals surface area contributed by atoms with Crippen LogP contribution in [0.3, 0.4) is 0 Å². The molecule has 0 aliphatic heterocycles. The molecule has 2 aromatic rings. The van der Waals surface area contributed by atoms with E-state index in [1.165, 1.54) is 18.4 Å². The highest BCUT2D eigenvalue weighted by molar-refractivity contribution is 5.57. The van der Waals surface area contributed by atoms with Crippen molar-refractivity contribution in [1.29, 1.82) is 0 Å². The number of anilines is 3. The van der Waals surface area contributed by atoms with Gasteiger partial charge in [-0.15, -0.1) is 0 Å². The highest BCUT2D eigenvalue weighted by atomic mass is 15.3. The molecule has 0 fully saturated rings. The molecule has 1 heterocycles. The van der Waals surface area contributed by atoms with Crippen LogP contribution in [-0.2, 0) is 6.42 Å². The van der Waals surface area contributed by atoms with Crippen LogP contribution in [0.1, 0.15) is 25.3 Å². The molecule has 19 heavy (non-hydrogen) atoms. The lowest BCUT2D eigenvalue weighted by molar-refractivity contribution is 0.795. The van der Waals surface area contributed by atoms with Crippen LogP contribution in [0.4, 0.5) is 17.3 Å². The van der Waals surface area contributed by atoms with Gasteiger partial charge in [-0.05, 0) is 30.5 Å². The minimum Gasteiger partial charge on any atom is -0.339 e. The first-order valence-electron chi connectivity index (χ1n) is 6.46. The predicted molar refractivity (Wildman–Crippen MR) is 78.2 cm³/mol. The molecule has 0 amide bonds. The van der Waals surface area contributed by atoms with Crippen LogP contribution >= 0.6 is 0 Å². The molecule has 0 saturated carbocycles. The molecule has 1 aromatic carbocycles. The highest BCUT2D eigenvalue weighted by Gasteiger charge is 1.99. The van der Waals surface area contributed by atoms with Gasteiger partial charge in [-0.3, -0.25) is 4.98 Å². The van der Waals surface area contributed by atoms with E-state index in [2.05, 4.69) is 51.9 Å². The monoisotopic (exact) mass is 257 g/mol. The minimum absolute atomic E-state index is 0.532. The van der Waals surface area contributed by atoms with Gasteiger partial charge < -0.3 is 10.7 Å². The molecule has 0 aliphatic rings. The Hall–Kier alpha value is -2.14. The van der Waals surface area contributed by atoms with Gasteiger partial charge in [-0.2, -0.15) is 0 Å². The maximum Gasteiger partial charge on any atom is 0.160 e. The number of nitrogen functional groups attached to an aromatic ring is 1. The van der Waals surface area contributed by atoms with E-state index in [4.69, 9.17) is 5.84 Å². The van der Waals surface area contributed by atoms with Crippen molar-refractivity contribution in [3.63, 3.8) is 0 Å². The van der Waals surface area contributed by atoms with Crippen LogP contribution in [0.5, 0.6) is 0 Å². The molecule has 0 radical (unpaired) electrons. The zero-order valence-corrected chi connectivity index (χ0v) is 11.1. The number of rotatable bonds is 6. The molecule has 100 valence electrons. The smallest absolute Gasteiger partial charge is 0.160 e. The van der Waals surface area contributed by atoms with Crippen LogP contribution in [0.2, 0.25) is 0 Å². The summed E-state index contributed by atoms with van der Waals surface area (Å²) in [5, 5.41) is 3.19. The Kier molecular flexibility index (Phi) is 4.69. The number of hydrazine groups is 1. The van der Waals surface area contributed by atoms with E-state index < -0.39 is 0 Å². The summed E-state index contributed by atoms with van der Waals surface area (Å²) in [4.78, 5) is 8.29. The first-order valence-corrected chi connectivity index (χ1v) is 6.46. The fraction of sp³-hybridized carbons (Fsp3) is 0.286. The Labute approximate surface area is 113 Å². The zero-order valence-electron chi connectivity index (χ0n) is 11.1. The number of nitrogens with one attached hydrogen (secondary N) is 2. The van der Waals surface area contributed by atoms with Crippen molar-refractivity contribution in [2.45, 2.75) is 26.2 Å². The van der Waals surface area contributed by atoms with Gasteiger partial charge in [0.15, 0.2) is 11.6 Å². The maximum absolute atomic E-state index is 5.30. The Morgan fingerprint density at radius 1 is 1.11 bits per heavy atom. The van der Waals surface area contributed by atoms with Gasteiger partial charge in [0.1, 0.15) is 0 Å². The largest absolute Gasteiger partial charge is 0.339 e. The van der Waals surface area contributed by atoms with E-state index in [-0.39, 0.29) is 0 Å². The number of aryl methyl sites for hydroxylation is 1. The summed E-state index contributed by atoms with van der Waals surface area (Å²) in [6.07, 6.45) is 6.80. The van der Waals surface area contributed by atoms with E-state index >= 15 is 0 Å². The maximum atomic E-state index is 5.30. The second-order valence-corrected chi connectivity index (χ2v) is 4.36. The zero-order chi connectivity index (χ0) is 13.5. The van der Waals surface area contributed by atoms with Gasteiger partial charge in [-0.1, -0.05) is 25.5 Å². The van der Waals surface area contributed by atoms with Crippen molar-refractivity contribution in [3.05, 3.63) is 42.2 Å². The standard InChI is InChI=1S/C14H19N5/c1-2-3-4-11-5-7-12(8-6-11)17-13-9-16-10-14(18-13)19-15/h5-10H,2-4,15H2,1H3,(H2,17,18,19). The molecule has 0 aliphatic carbocycles. The summed E-state index contributed by atoms with van der Waals surface area (Å²) in [6.45, 7) is 2.20. The third-order valence-corrected chi connectivity index (χ3v) is 2.83. The van der Waals surface area contributed by atoms with Gasteiger partial charge in [0.05, 0.1) is 12.4 Å². The summed E-state index contributed by atoms with van der Waals surface area (Å²) in [7, 11) is 0. The number of unbranched alkanes of at least 4 members (excludes halogenated alkanes) is 1. The molecular weight excluding hydrogens is 238 g/mol. The summed E-state index contributed by atoms with van der Waals surface area (Å²) in [6, 6.07) is 8.37. The van der Waals surface area contributed by atoms with Gasteiger partial charge in [-0.25, -0.2) is 10.8 Å². The second-order valence-electron chi connectivity index (χ2n) is 4.36. The molecular formula is C14H19N5. The molecule has 0 bridgehead atoms. The topological polar surface area (TPSA) is 75.9 Å². The third kappa shape index (κ3) is 3.93. The van der Waals surface area contributed by atoms with Crippen LogP contribution in [0.15, 0.2) is 36.7 Å². The SMILES string of the molecule is CCCCc1ccc(Nc2cncc(NN)n2)cc1. The minimum atomic E-state index is 0.532. The molecule has 4 N–H and O–H groups in total. The van der Waals surface area contributed by atoms with Crippen LogP contribution < -0.4 is 16.6 Å². The Morgan fingerprint density at radius 3 is 2.53 bits per heavy atom. The van der Waals surface area contributed by atoms with E-state index in [0.29, 0.717) is 11.6 Å². The van der Waals surface area contributed by atoms with Crippen molar-refractivity contribution < 1.29 is 0 Å². The number of benzene rings is 1. The lowest BCUT2D eigenvalue weighted by Crippen LogP contribution is -2.09. The summed E-state index contributed by atoms with van der Waals surface area (Å²) >= 11 is 0. The number of nitrogens with two attached hydrogens (primary N) is 1. The van der Waals surface area contributed by atoms with Crippen LogP contribution in [0, 0.1) is 0 Å². The Morgan fingerprint density at radius 2 is 1.84 bits per heavy atom. The first kappa shape index (κ1) is 13.3. The molecule has 0 spiro atoms. The Balaban J connectivity index is 2.02. The molecule has 0 saturated heterocycles. The van der Waals surface area contributed by atoms with Crippen LogP contribution in [0.25, 0.3) is 0 Å². The predicted octanol–water partition coefficient (Wildman–Crippen LogP) is 2.85. The Bertz CT molecular complexity index is 509. The van der Waals surface area contributed by atoms with Gasteiger partial charge in [0, 0.05) is 5.69 Å². The number of hydrogen-bond acceptors (Lipinski definition) is 5. The van der Waals surface area contributed by atoms with Gasteiger partial charge >= 0.3 is 0 Å². The number of nitrogens with zero attached hydrogens (tertiary/aromatic N) is 2. The lowest BCUT2D eigenvalue weighted by atomic mass is 10.1. The molecule has 0 unspecified atom stereocenters. The normalized spacial score (nSPS) is 10.2. The second kappa shape index (κ2) is 6.70. The highest BCUT2D eigenvalue weighted by Crippen LogP contribution is 2.16. The van der Waals surface area contributed by atoms with E-state index in [1.54, 1.807) is 12.4 Å². The number of aromatic nitrogens is 2. The molecule has 1 aromatic heterocycles. The quantitative estimate of drug-likeness (QED) is 0.548. The van der Waals surface area contributed by atoms with Crippen molar-refractivity contribution >= 4 is 17.3 Å². The first-order chi connectivity index (χ1) is 9.31. The molecule has 5 heteroatoms. The summed E-state index contributed by atoms with van der Waals surface area (Å²) < 4.78 is 0. The molecule has 2 rings (SSSR count). The third-order valence-electron chi connectivity index (χ3n) is 2.83. The fourth-order valence-electron chi connectivity index (χ4n) is 1.78. The summed E-state index contributed by atoms with van der Waals surface area (Å²) in [5.41, 5.74) is 4.82. The van der Waals surface area contributed by atoms with E-state index in [9.17, 15) is 0 Å². The molecule has 5 nitrogen and oxygen atoms in total. The van der Waals surface area contributed by atoms with E-state index in [0.717, 1.165) is 12.1 Å². The lowest BCUT2D eigenvalue weighted by Gasteiger charge is -2.07. The van der Waals surface area contributed by atoms with Gasteiger partial charge in [0.2, 0.25) is 0 Å². The average molecular weight is 257 g/mol.